The Morgan fingerprint density at radius 3 is 2.76 bits per heavy atom. The highest BCUT2D eigenvalue weighted by molar-refractivity contribution is 7.19. The first-order chi connectivity index (χ1) is 10.2. The van der Waals surface area contributed by atoms with Crippen molar-refractivity contribution in [2.45, 2.75) is 18.9 Å². The highest BCUT2D eigenvalue weighted by atomic mass is 32.1. The zero-order valence-corrected chi connectivity index (χ0v) is 12.4. The van der Waals surface area contributed by atoms with Crippen molar-refractivity contribution in [3.63, 3.8) is 0 Å². The molecule has 106 valence electrons. The number of tetrazole rings is 1. The summed E-state index contributed by atoms with van der Waals surface area (Å²) in [5, 5.41) is 9.15. The Kier molecular flexibility index (Phi) is 2.75. The Hall–Kier alpha value is -2.28. The summed E-state index contributed by atoms with van der Waals surface area (Å²) in [4.78, 5) is 7.38. The first kappa shape index (κ1) is 12.5. The molecule has 3 aromatic rings. The van der Waals surface area contributed by atoms with Gasteiger partial charge in [0.05, 0.1) is 12.7 Å². The lowest BCUT2D eigenvalue weighted by atomic mass is 10.1. The predicted octanol–water partition coefficient (Wildman–Crippen LogP) is 1.81. The molecule has 1 saturated carbocycles. The first-order valence-corrected chi connectivity index (χ1v) is 7.69. The number of hydrogen-bond acceptors (Lipinski definition) is 5. The molecule has 1 fully saturated rings. The number of hydrogen-bond donors (Lipinski definition) is 1. The van der Waals surface area contributed by atoms with Gasteiger partial charge < -0.3 is 5.73 Å². The van der Waals surface area contributed by atoms with Crippen molar-refractivity contribution in [1.29, 1.82) is 0 Å². The van der Waals surface area contributed by atoms with Crippen LogP contribution in [0.2, 0.25) is 0 Å². The van der Waals surface area contributed by atoms with E-state index < -0.39 is 0 Å². The Morgan fingerprint density at radius 2 is 2.05 bits per heavy atom. The lowest BCUT2D eigenvalue weighted by Gasteiger charge is -1.99. The number of rotatable bonds is 3. The molecule has 7 heteroatoms. The van der Waals surface area contributed by atoms with Gasteiger partial charge in [0, 0.05) is 5.56 Å². The normalized spacial score (nSPS) is 14.5. The molecular weight excluding hydrogens is 284 g/mol. The number of nitrogens with zero attached hydrogens (tertiary/aromatic N) is 5. The van der Waals surface area contributed by atoms with E-state index in [9.17, 15) is 0 Å². The summed E-state index contributed by atoms with van der Waals surface area (Å²) in [6.45, 7) is 0. The minimum Gasteiger partial charge on any atom is -0.375 e. The second kappa shape index (κ2) is 4.63. The van der Waals surface area contributed by atoms with Crippen molar-refractivity contribution in [2.75, 3.05) is 5.73 Å². The molecule has 2 N–H and O–H groups in total. The molecule has 1 aromatic carbocycles. The fraction of sp³-hybridized carbons (Fsp3) is 0.286. The lowest BCUT2D eigenvalue weighted by Crippen LogP contribution is -2.40. The van der Waals surface area contributed by atoms with Crippen LogP contribution in [0.25, 0.3) is 22.0 Å². The van der Waals surface area contributed by atoms with Crippen LogP contribution < -0.4 is 10.4 Å². The highest BCUT2D eigenvalue weighted by Gasteiger charge is 2.34. The van der Waals surface area contributed by atoms with Crippen LogP contribution in [-0.4, -0.2) is 20.1 Å². The summed E-state index contributed by atoms with van der Waals surface area (Å²) < 4.78 is 2.00. The SMILES string of the molecule is C[n+]1c(-c2sc(N)nc2-c2ccccc2)nnn1C1CC1. The minimum atomic E-state index is 0.488. The standard InChI is InChI=1S/C14H14N6S/c1-19-13(17-18-20(19)10-7-8-10)12-11(16-14(15)21-12)9-5-3-2-4-6-9/h2-6,10,15H,7-8H2,1H3/p+1. The molecular formula is C14H15N6S+. The van der Waals surface area contributed by atoms with Crippen molar-refractivity contribution in [1.82, 2.24) is 20.1 Å². The molecule has 0 aliphatic heterocycles. The van der Waals surface area contributed by atoms with E-state index >= 15 is 0 Å². The van der Waals surface area contributed by atoms with Crippen LogP contribution in [-0.2, 0) is 7.05 Å². The number of nitrogen functional groups attached to an aromatic ring is 1. The van der Waals surface area contributed by atoms with Gasteiger partial charge in [-0.05, 0) is 12.8 Å². The molecule has 4 rings (SSSR count). The van der Waals surface area contributed by atoms with Crippen molar-refractivity contribution in [2.24, 2.45) is 7.05 Å². The molecule has 0 bridgehead atoms. The Bertz CT molecular complexity index is 787. The van der Waals surface area contributed by atoms with Crippen LogP contribution in [0.4, 0.5) is 5.13 Å². The summed E-state index contributed by atoms with van der Waals surface area (Å²) >= 11 is 1.45. The number of benzene rings is 1. The molecule has 2 heterocycles. The number of aromatic nitrogens is 5. The van der Waals surface area contributed by atoms with Crippen molar-refractivity contribution < 1.29 is 4.68 Å². The quantitative estimate of drug-likeness (QED) is 0.749. The predicted molar refractivity (Wildman–Crippen MR) is 80.4 cm³/mol. The van der Waals surface area contributed by atoms with Gasteiger partial charge in [-0.2, -0.15) is 4.68 Å². The van der Waals surface area contributed by atoms with E-state index in [0.717, 1.165) is 22.0 Å². The molecule has 21 heavy (non-hydrogen) atoms. The van der Waals surface area contributed by atoms with Crippen LogP contribution in [0.5, 0.6) is 0 Å². The third-order valence-electron chi connectivity index (χ3n) is 3.61. The van der Waals surface area contributed by atoms with E-state index in [0.29, 0.717) is 11.2 Å². The van der Waals surface area contributed by atoms with Crippen LogP contribution in [0.1, 0.15) is 18.9 Å². The van der Waals surface area contributed by atoms with E-state index in [4.69, 9.17) is 5.73 Å². The molecule has 1 aliphatic carbocycles. The molecule has 0 amide bonds. The zero-order valence-electron chi connectivity index (χ0n) is 11.6. The number of nitrogens with two attached hydrogens (primary N) is 1. The molecule has 1 aliphatic rings. The van der Waals surface area contributed by atoms with Crippen LogP contribution in [0.3, 0.4) is 0 Å². The van der Waals surface area contributed by atoms with Crippen molar-refractivity contribution in [3.8, 4) is 22.0 Å². The molecule has 0 radical (unpaired) electrons. The fourth-order valence-corrected chi connectivity index (χ4v) is 3.28. The maximum atomic E-state index is 5.93. The highest BCUT2D eigenvalue weighted by Crippen LogP contribution is 2.37. The van der Waals surface area contributed by atoms with Gasteiger partial charge in [0.15, 0.2) is 10.3 Å². The smallest absolute Gasteiger partial charge is 0.344 e. The molecule has 2 aromatic heterocycles. The Morgan fingerprint density at radius 1 is 1.29 bits per heavy atom. The summed E-state index contributed by atoms with van der Waals surface area (Å²) in [6, 6.07) is 10.5. The summed E-state index contributed by atoms with van der Waals surface area (Å²) in [7, 11) is 1.98. The van der Waals surface area contributed by atoms with E-state index in [2.05, 4.69) is 15.3 Å². The van der Waals surface area contributed by atoms with Gasteiger partial charge in [0.2, 0.25) is 0 Å². The van der Waals surface area contributed by atoms with Gasteiger partial charge in [-0.1, -0.05) is 46.5 Å². The fourth-order valence-electron chi connectivity index (χ4n) is 2.41. The molecule has 6 nitrogen and oxygen atoms in total. The third-order valence-corrected chi connectivity index (χ3v) is 4.49. The maximum absolute atomic E-state index is 5.93. The molecule has 0 unspecified atom stereocenters. The maximum Gasteiger partial charge on any atom is 0.344 e. The lowest BCUT2D eigenvalue weighted by molar-refractivity contribution is -0.749. The average molecular weight is 299 g/mol. The number of thiazole rings is 1. The number of anilines is 1. The second-order valence-corrected chi connectivity index (χ2v) is 6.21. The Labute approximate surface area is 125 Å². The zero-order chi connectivity index (χ0) is 14.4. The molecule has 0 saturated heterocycles. The van der Waals surface area contributed by atoms with Crippen LogP contribution in [0.15, 0.2) is 30.3 Å². The van der Waals surface area contributed by atoms with E-state index in [1.165, 1.54) is 24.2 Å². The third kappa shape index (κ3) is 2.09. The van der Waals surface area contributed by atoms with Gasteiger partial charge in [0.1, 0.15) is 16.0 Å². The van der Waals surface area contributed by atoms with Crippen LogP contribution in [0, 0.1) is 0 Å². The van der Waals surface area contributed by atoms with Gasteiger partial charge in [0.25, 0.3) is 0 Å². The van der Waals surface area contributed by atoms with Gasteiger partial charge >= 0.3 is 5.82 Å². The topological polar surface area (TPSA) is 73.5 Å². The molecule has 0 atom stereocenters. The summed E-state index contributed by atoms with van der Waals surface area (Å²) in [6.07, 6.45) is 2.35. The first-order valence-electron chi connectivity index (χ1n) is 6.87. The van der Waals surface area contributed by atoms with Crippen molar-refractivity contribution >= 4 is 16.5 Å². The summed E-state index contributed by atoms with van der Waals surface area (Å²) in [5.41, 5.74) is 7.84. The second-order valence-electron chi connectivity index (χ2n) is 5.18. The van der Waals surface area contributed by atoms with Crippen molar-refractivity contribution in [3.05, 3.63) is 30.3 Å². The summed E-state index contributed by atoms with van der Waals surface area (Å²) in [5.74, 6) is 0.815. The van der Waals surface area contributed by atoms with E-state index in [1.54, 1.807) is 0 Å². The van der Waals surface area contributed by atoms with Gasteiger partial charge in [-0.3, -0.25) is 0 Å². The largest absolute Gasteiger partial charge is 0.375 e. The minimum absolute atomic E-state index is 0.488. The Balaban J connectivity index is 1.86. The molecule has 0 spiro atoms. The van der Waals surface area contributed by atoms with Gasteiger partial charge in [-0.25, -0.2) is 4.98 Å². The van der Waals surface area contributed by atoms with Crippen LogP contribution >= 0.6 is 11.3 Å². The van der Waals surface area contributed by atoms with E-state index in [-0.39, 0.29) is 0 Å². The van der Waals surface area contributed by atoms with E-state index in [1.807, 2.05) is 46.9 Å². The average Bonchev–Trinajstić information content (AvgIpc) is 3.16. The monoisotopic (exact) mass is 299 g/mol. The van der Waals surface area contributed by atoms with Gasteiger partial charge in [-0.15, -0.1) is 0 Å².